The van der Waals surface area contributed by atoms with Crippen LogP contribution in [0.15, 0.2) is 42.5 Å². The monoisotopic (exact) mass is 277 g/mol. The molecule has 0 radical (unpaired) electrons. The van der Waals surface area contributed by atoms with E-state index in [0.717, 1.165) is 21.9 Å². The lowest BCUT2D eigenvalue weighted by Crippen LogP contribution is -2.01. The number of carbonyl (C=O) groups excluding carboxylic acids is 1. The molecule has 0 bridgehead atoms. The molecular formula is C16H11N3O2. The second-order valence-electron chi connectivity index (χ2n) is 4.75. The molecule has 4 rings (SSSR count). The van der Waals surface area contributed by atoms with E-state index in [1.165, 1.54) is 7.11 Å². The van der Waals surface area contributed by atoms with Gasteiger partial charge in [0.1, 0.15) is 5.52 Å². The second-order valence-corrected chi connectivity index (χ2v) is 4.75. The van der Waals surface area contributed by atoms with Crippen molar-refractivity contribution in [2.75, 3.05) is 7.11 Å². The Morgan fingerprint density at radius 1 is 1.05 bits per heavy atom. The third kappa shape index (κ3) is 1.67. The lowest BCUT2D eigenvalue weighted by Gasteiger charge is -2.01. The molecule has 5 nitrogen and oxygen atoms in total. The van der Waals surface area contributed by atoms with Gasteiger partial charge < -0.3 is 9.72 Å². The fourth-order valence-corrected chi connectivity index (χ4v) is 2.58. The SMILES string of the molecule is COC(=O)c1cccc2[nH]c3nc4ccccc4nc3c12. The Bertz CT molecular complexity index is 1000. The zero-order chi connectivity index (χ0) is 14.4. The number of fused-ring (bicyclic) bond motifs is 4. The largest absolute Gasteiger partial charge is 0.465 e. The van der Waals surface area contributed by atoms with E-state index >= 15 is 0 Å². The molecule has 0 aliphatic rings. The summed E-state index contributed by atoms with van der Waals surface area (Å²) in [6.45, 7) is 0. The first-order valence-corrected chi connectivity index (χ1v) is 6.53. The van der Waals surface area contributed by atoms with Crippen LogP contribution in [0.5, 0.6) is 0 Å². The molecule has 4 aromatic rings. The van der Waals surface area contributed by atoms with E-state index in [1.54, 1.807) is 6.07 Å². The van der Waals surface area contributed by atoms with Gasteiger partial charge in [-0.05, 0) is 24.3 Å². The summed E-state index contributed by atoms with van der Waals surface area (Å²) in [7, 11) is 1.37. The zero-order valence-electron chi connectivity index (χ0n) is 11.3. The third-order valence-electron chi connectivity index (χ3n) is 3.53. The van der Waals surface area contributed by atoms with Crippen LogP contribution in [0.25, 0.3) is 33.1 Å². The summed E-state index contributed by atoms with van der Waals surface area (Å²) < 4.78 is 4.85. The molecule has 0 saturated carbocycles. The lowest BCUT2D eigenvalue weighted by molar-refractivity contribution is 0.0603. The Kier molecular flexibility index (Phi) is 2.41. The number of nitrogens with zero attached hydrogens (tertiary/aromatic N) is 2. The van der Waals surface area contributed by atoms with Crippen LogP contribution in [0.3, 0.4) is 0 Å². The van der Waals surface area contributed by atoms with Crippen molar-refractivity contribution in [2.24, 2.45) is 0 Å². The van der Waals surface area contributed by atoms with Crippen molar-refractivity contribution in [3.8, 4) is 0 Å². The van der Waals surface area contributed by atoms with Crippen molar-refractivity contribution >= 4 is 39.1 Å². The minimum absolute atomic E-state index is 0.378. The fraction of sp³-hybridized carbons (Fsp3) is 0.0625. The molecule has 0 unspecified atom stereocenters. The van der Waals surface area contributed by atoms with E-state index in [0.29, 0.717) is 16.7 Å². The van der Waals surface area contributed by atoms with Crippen LogP contribution in [0.4, 0.5) is 0 Å². The number of hydrogen-bond acceptors (Lipinski definition) is 4. The van der Waals surface area contributed by atoms with Gasteiger partial charge in [0, 0.05) is 5.39 Å². The molecule has 0 amide bonds. The number of H-pyrrole nitrogens is 1. The number of methoxy groups -OCH3 is 1. The van der Waals surface area contributed by atoms with Crippen molar-refractivity contribution in [1.82, 2.24) is 15.0 Å². The van der Waals surface area contributed by atoms with Crippen molar-refractivity contribution in [1.29, 1.82) is 0 Å². The molecule has 2 aromatic carbocycles. The molecule has 0 fully saturated rings. The van der Waals surface area contributed by atoms with Gasteiger partial charge in [-0.15, -0.1) is 0 Å². The number of hydrogen-bond donors (Lipinski definition) is 1. The minimum Gasteiger partial charge on any atom is -0.465 e. The molecule has 2 aromatic heterocycles. The maximum atomic E-state index is 11.9. The summed E-state index contributed by atoms with van der Waals surface area (Å²) in [6, 6.07) is 13.1. The predicted octanol–water partition coefficient (Wildman–Crippen LogP) is 3.05. The molecule has 5 heteroatoms. The van der Waals surface area contributed by atoms with E-state index in [2.05, 4.69) is 15.0 Å². The number of para-hydroxylation sites is 2. The van der Waals surface area contributed by atoms with Gasteiger partial charge in [0.05, 0.1) is 29.2 Å². The molecule has 0 spiro atoms. The standard InChI is InChI=1S/C16H11N3O2/c1-21-16(20)9-5-4-8-12-13(9)14-15(19-12)18-11-7-3-2-6-10(11)17-14/h2-8H,1H3,(H,18,19). The first-order chi connectivity index (χ1) is 10.3. The summed E-state index contributed by atoms with van der Waals surface area (Å²) in [5.41, 5.74) is 4.28. The molecule has 21 heavy (non-hydrogen) atoms. The van der Waals surface area contributed by atoms with Gasteiger partial charge >= 0.3 is 5.97 Å². The molecular weight excluding hydrogens is 266 g/mol. The normalized spacial score (nSPS) is 11.3. The summed E-state index contributed by atoms with van der Waals surface area (Å²) >= 11 is 0. The maximum Gasteiger partial charge on any atom is 0.338 e. The quantitative estimate of drug-likeness (QED) is 0.543. The van der Waals surface area contributed by atoms with Crippen LogP contribution in [-0.4, -0.2) is 28.0 Å². The average molecular weight is 277 g/mol. The van der Waals surface area contributed by atoms with Crippen molar-refractivity contribution in [3.63, 3.8) is 0 Å². The topological polar surface area (TPSA) is 67.9 Å². The zero-order valence-corrected chi connectivity index (χ0v) is 11.3. The van der Waals surface area contributed by atoms with Crippen LogP contribution in [0, 0.1) is 0 Å². The van der Waals surface area contributed by atoms with Crippen molar-refractivity contribution in [3.05, 3.63) is 48.0 Å². The van der Waals surface area contributed by atoms with Crippen LogP contribution in [0.1, 0.15) is 10.4 Å². The second kappa shape index (κ2) is 4.28. The summed E-state index contributed by atoms with van der Waals surface area (Å²) in [4.78, 5) is 24.4. The van der Waals surface area contributed by atoms with E-state index in [-0.39, 0.29) is 5.97 Å². The van der Waals surface area contributed by atoms with E-state index in [9.17, 15) is 4.79 Å². The van der Waals surface area contributed by atoms with Gasteiger partial charge in [-0.25, -0.2) is 14.8 Å². The summed E-state index contributed by atoms with van der Waals surface area (Å²) in [5, 5.41) is 0.748. The number of benzene rings is 2. The van der Waals surface area contributed by atoms with Crippen molar-refractivity contribution in [2.45, 2.75) is 0 Å². The number of aromatic nitrogens is 3. The number of aromatic amines is 1. The highest BCUT2D eigenvalue weighted by molar-refractivity contribution is 6.15. The number of nitrogens with one attached hydrogen (secondary N) is 1. The number of ether oxygens (including phenoxy) is 1. The Morgan fingerprint density at radius 3 is 2.57 bits per heavy atom. The highest BCUT2D eigenvalue weighted by atomic mass is 16.5. The smallest absolute Gasteiger partial charge is 0.338 e. The van der Waals surface area contributed by atoms with E-state index in [4.69, 9.17) is 4.74 Å². The van der Waals surface area contributed by atoms with Gasteiger partial charge in [0.15, 0.2) is 5.65 Å². The number of rotatable bonds is 1. The van der Waals surface area contributed by atoms with E-state index < -0.39 is 0 Å². The third-order valence-corrected chi connectivity index (χ3v) is 3.53. The molecule has 0 atom stereocenters. The molecule has 102 valence electrons. The molecule has 0 saturated heterocycles. The Hall–Kier alpha value is -2.95. The average Bonchev–Trinajstić information content (AvgIpc) is 2.89. The highest BCUT2D eigenvalue weighted by Gasteiger charge is 2.16. The molecule has 0 aliphatic heterocycles. The summed E-state index contributed by atoms with van der Waals surface area (Å²) in [5.74, 6) is -0.378. The Morgan fingerprint density at radius 2 is 1.81 bits per heavy atom. The Balaban J connectivity index is 2.19. The van der Waals surface area contributed by atoms with E-state index in [1.807, 2.05) is 36.4 Å². The summed E-state index contributed by atoms with van der Waals surface area (Å²) in [6.07, 6.45) is 0. The van der Waals surface area contributed by atoms with Gasteiger partial charge in [0.25, 0.3) is 0 Å². The number of carbonyl (C=O) groups is 1. The molecule has 0 aliphatic carbocycles. The van der Waals surface area contributed by atoms with Crippen LogP contribution < -0.4 is 0 Å². The first-order valence-electron chi connectivity index (χ1n) is 6.53. The van der Waals surface area contributed by atoms with Gasteiger partial charge in [-0.3, -0.25) is 0 Å². The predicted molar refractivity (Wildman–Crippen MR) is 80.2 cm³/mol. The highest BCUT2D eigenvalue weighted by Crippen LogP contribution is 2.28. The van der Waals surface area contributed by atoms with Crippen LogP contribution in [-0.2, 0) is 4.74 Å². The Labute approximate surface area is 119 Å². The first kappa shape index (κ1) is 11.8. The lowest BCUT2D eigenvalue weighted by atomic mass is 10.1. The van der Waals surface area contributed by atoms with Crippen molar-refractivity contribution < 1.29 is 9.53 Å². The molecule has 2 heterocycles. The number of esters is 1. The van der Waals surface area contributed by atoms with Gasteiger partial charge in [0.2, 0.25) is 0 Å². The minimum atomic E-state index is -0.378. The van der Waals surface area contributed by atoms with Gasteiger partial charge in [-0.2, -0.15) is 0 Å². The van der Waals surface area contributed by atoms with Gasteiger partial charge in [-0.1, -0.05) is 18.2 Å². The van der Waals surface area contributed by atoms with Crippen LogP contribution in [0.2, 0.25) is 0 Å². The molecule has 1 N–H and O–H groups in total. The maximum absolute atomic E-state index is 11.9. The fourth-order valence-electron chi connectivity index (χ4n) is 2.58. The van der Waals surface area contributed by atoms with Crippen LogP contribution >= 0.6 is 0 Å².